The zero-order chi connectivity index (χ0) is 18.8. The second-order valence-corrected chi connectivity index (χ2v) is 6.32. The largest absolute Gasteiger partial charge is 0.451 e. The smallest absolute Gasteiger partial charge is 0.291 e. The molecular weight excluding hydrogens is 379 g/mol. The first-order chi connectivity index (χ1) is 12.3. The molecular formula is C18H12Cl2N2O4. The highest BCUT2D eigenvalue weighted by Gasteiger charge is 2.16. The molecule has 132 valence electrons. The lowest BCUT2D eigenvalue weighted by molar-refractivity contribution is -0.384. The first-order valence-electron chi connectivity index (χ1n) is 7.47. The lowest BCUT2D eigenvalue weighted by atomic mass is 10.1. The van der Waals surface area contributed by atoms with Gasteiger partial charge < -0.3 is 9.73 Å². The van der Waals surface area contributed by atoms with Crippen molar-refractivity contribution < 1.29 is 14.1 Å². The topological polar surface area (TPSA) is 85.4 Å². The molecule has 1 aromatic heterocycles. The van der Waals surface area contributed by atoms with E-state index in [4.69, 9.17) is 27.6 Å². The number of nitrogens with zero attached hydrogens (tertiary/aromatic N) is 1. The molecule has 0 atom stereocenters. The molecule has 0 spiro atoms. The summed E-state index contributed by atoms with van der Waals surface area (Å²) < 4.78 is 5.58. The van der Waals surface area contributed by atoms with E-state index in [1.807, 2.05) is 19.1 Å². The number of nitro groups is 1. The number of non-ortho nitro benzene ring substituents is 1. The van der Waals surface area contributed by atoms with Gasteiger partial charge in [-0.25, -0.2) is 0 Å². The first-order valence-corrected chi connectivity index (χ1v) is 8.22. The summed E-state index contributed by atoms with van der Waals surface area (Å²) in [4.78, 5) is 22.5. The van der Waals surface area contributed by atoms with E-state index in [-0.39, 0.29) is 22.2 Å². The molecule has 3 rings (SSSR count). The third-order valence-electron chi connectivity index (χ3n) is 3.70. The summed E-state index contributed by atoms with van der Waals surface area (Å²) in [5.41, 5.74) is 1.77. The molecule has 8 heteroatoms. The Balaban J connectivity index is 1.80. The Hall–Kier alpha value is -2.83. The van der Waals surface area contributed by atoms with Crippen molar-refractivity contribution in [2.75, 3.05) is 5.32 Å². The maximum Gasteiger partial charge on any atom is 0.291 e. The van der Waals surface area contributed by atoms with E-state index in [0.717, 1.165) is 11.1 Å². The molecule has 26 heavy (non-hydrogen) atoms. The lowest BCUT2D eigenvalue weighted by Gasteiger charge is -2.05. The molecule has 1 amide bonds. The highest BCUT2D eigenvalue weighted by atomic mass is 35.5. The number of amides is 1. The van der Waals surface area contributed by atoms with Crippen LogP contribution in [0.1, 0.15) is 16.1 Å². The molecule has 6 nitrogen and oxygen atoms in total. The van der Waals surface area contributed by atoms with Crippen LogP contribution in [0.5, 0.6) is 0 Å². The van der Waals surface area contributed by atoms with Crippen molar-refractivity contribution in [3.8, 4) is 11.3 Å². The summed E-state index contributed by atoms with van der Waals surface area (Å²) in [6.45, 7) is 1.89. The van der Waals surface area contributed by atoms with Crippen LogP contribution in [0.15, 0.2) is 52.9 Å². The number of nitrogens with one attached hydrogen (secondary N) is 1. The van der Waals surface area contributed by atoms with Crippen molar-refractivity contribution in [2.24, 2.45) is 0 Å². The third kappa shape index (κ3) is 3.71. The Morgan fingerprint density at radius 3 is 2.50 bits per heavy atom. The highest BCUT2D eigenvalue weighted by molar-refractivity contribution is 6.34. The van der Waals surface area contributed by atoms with Gasteiger partial charge in [-0.3, -0.25) is 14.9 Å². The Labute approximate surface area is 158 Å². The van der Waals surface area contributed by atoms with E-state index < -0.39 is 10.8 Å². The maximum atomic E-state index is 12.3. The van der Waals surface area contributed by atoms with E-state index in [1.165, 1.54) is 24.3 Å². The monoisotopic (exact) mass is 390 g/mol. The van der Waals surface area contributed by atoms with Crippen molar-refractivity contribution >= 4 is 40.5 Å². The molecule has 0 radical (unpaired) electrons. The summed E-state index contributed by atoms with van der Waals surface area (Å²) in [5, 5.41) is 13.9. The van der Waals surface area contributed by atoms with Crippen LogP contribution in [0.4, 0.5) is 11.4 Å². The summed E-state index contributed by atoms with van der Waals surface area (Å²) in [7, 11) is 0. The van der Waals surface area contributed by atoms with E-state index in [9.17, 15) is 14.9 Å². The summed E-state index contributed by atoms with van der Waals surface area (Å²) in [6, 6.07) is 12.4. The number of hydrogen-bond acceptors (Lipinski definition) is 4. The zero-order valence-corrected chi connectivity index (χ0v) is 15.0. The molecule has 0 aliphatic carbocycles. The molecule has 0 bridgehead atoms. The number of carbonyl (C=O) groups excluding carboxylic acids is 1. The third-order valence-corrected chi connectivity index (χ3v) is 4.42. The van der Waals surface area contributed by atoms with Crippen molar-refractivity contribution in [1.82, 2.24) is 0 Å². The van der Waals surface area contributed by atoms with Crippen LogP contribution in [-0.2, 0) is 0 Å². The molecule has 0 saturated heterocycles. The Kier molecular flexibility index (Phi) is 4.97. The number of hydrogen-bond donors (Lipinski definition) is 1. The predicted octanol–water partition coefficient (Wildman–Crippen LogP) is 5.72. The van der Waals surface area contributed by atoms with Crippen molar-refractivity contribution in [3.05, 3.63) is 80.0 Å². The van der Waals surface area contributed by atoms with Gasteiger partial charge in [-0.2, -0.15) is 0 Å². The van der Waals surface area contributed by atoms with Gasteiger partial charge in [0.15, 0.2) is 5.76 Å². The molecule has 0 saturated carbocycles. The lowest BCUT2D eigenvalue weighted by Crippen LogP contribution is -2.11. The number of benzene rings is 2. The highest BCUT2D eigenvalue weighted by Crippen LogP contribution is 2.29. The average Bonchev–Trinajstić information content (AvgIpc) is 3.09. The standard InChI is InChI=1S/C18H12Cl2N2O4/c1-10-2-3-11(8-13(10)19)16-6-7-17(26-16)18(23)21-15-5-4-12(22(24)25)9-14(15)20/h2-9H,1H3,(H,21,23). The molecule has 1 heterocycles. The van der Waals surface area contributed by atoms with Crippen LogP contribution >= 0.6 is 23.2 Å². The van der Waals surface area contributed by atoms with Gasteiger partial charge in [0.05, 0.1) is 15.6 Å². The van der Waals surface area contributed by atoms with Gasteiger partial charge in [0.1, 0.15) is 5.76 Å². The Morgan fingerprint density at radius 2 is 1.85 bits per heavy atom. The van der Waals surface area contributed by atoms with Gasteiger partial charge in [0, 0.05) is 22.7 Å². The van der Waals surface area contributed by atoms with E-state index in [0.29, 0.717) is 10.8 Å². The minimum Gasteiger partial charge on any atom is -0.451 e. The molecule has 0 fully saturated rings. The van der Waals surface area contributed by atoms with Crippen LogP contribution in [-0.4, -0.2) is 10.8 Å². The summed E-state index contributed by atoms with van der Waals surface area (Å²) in [5.74, 6) is 0.0446. The van der Waals surface area contributed by atoms with Gasteiger partial charge >= 0.3 is 0 Å². The number of nitro benzene ring substituents is 1. The normalized spacial score (nSPS) is 10.6. The minimum atomic E-state index is -0.566. The number of furan rings is 1. The van der Waals surface area contributed by atoms with E-state index in [2.05, 4.69) is 5.32 Å². The minimum absolute atomic E-state index is 0.0599. The van der Waals surface area contributed by atoms with Crippen LogP contribution in [0, 0.1) is 17.0 Å². The van der Waals surface area contributed by atoms with Gasteiger partial charge in [0.25, 0.3) is 11.6 Å². The van der Waals surface area contributed by atoms with Crippen LogP contribution < -0.4 is 5.32 Å². The summed E-state index contributed by atoms with van der Waals surface area (Å²) in [6.07, 6.45) is 0. The van der Waals surface area contributed by atoms with Crippen LogP contribution in [0.2, 0.25) is 10.0 Å². The quantitative estimate of drug-likeness (QED) is 0.455. The van der Waals surface area contributed by atoms with Gasteiger partial charge in [-0.05, 0) is 36.8 Å². The van der Waals surface area contributed by atoms with E-state index in [1.54, 1.807) is 12.1 Å². The van der Waals surface area contributed by atoms with Gasteiger partial charge in [0.2, 0.25) is 0 Å². The van der Waals surface area contributed by atoms with Gasteiger partial charge in [-0.1, -0.05) is 35.3 Å². The Morgan fingerprint density at radius 1 is 1.08 bits per heavy atom. The maximum absolute atomic E-state index is 12.3. The average molecular weight is 391 g/mol. The number of rotatable bonds is 4. The van der Waals surface area contributed by atoms with Crippen LogP contribution in [0.3, 0.4) is 0 Å². The molecule has 0 aliphatic heterocycles. The second-order valence-electron chi connectivity index (χ2n) is 5.50. The number of anilines is 1. The SMILES string of the molecule is Cc1ccc(-c2ccc(C(=O)Nc3ccc([N+](=O)[O-])cc3Cl)o2)cc1Cl. The number of aryl methyl sites for hydroxylation is 1. The summed E-state index contributed by atoms with van der Waals surface area (Å²) >= 11 is 12.1. The zero-order valence-electron chi connectivity index (χ0n) is 13.5. The predicted molar refractivity (Wildman–Crippen MR) is 100.0 cm³/mol. The van der Waals surface area contributed by atoms with Gasteiger partial charge in [-0.15, -0.1) is 0 Å². The van der Waals surface area contributed by atoms with Crippen molar-refractivity contribution in [2.45, 2.75) is 6.92 Å². The number of halogens is 2. The van der Waals surface area contributed by atoms with Crippen molar-refractivity contribution in [1.29, 1.82) is 0 Å². The molecule has 0 aliphatic rings. The number of carbonyl (C=O) groups is 1. The molecule has 3 aromatic rings. The fourth-order valence-electron chi connectivity index (χ4n) is 2.26. The second kappa shape index (κ2) is 7.19. The van der Waals surface area contributed by atoms with E-state index >= 15 is 0 Å². The molecule has 1 N–H and O–H groups in total. The van der Waals surface area contributed by atoms with Crippen LogP contribution in [0.25, 0.3) is 11.3 Å². The fraction of sp³-hybridized carbons (Fsp3) is 0.0556. The first kappa shape index (κ1) is 18.0. The fourth-order valence-corrected chi connectivity index (χ4v) is 2.67. The molecule has 2 aromatic carbocycles. The molecule has 0 unspecified atom stereocenters. The van der Waals surface area contributed by atoms with Crippen molar-refractivity contribution in [3.63, 3.8) is 0 Å². The Bertz CT molecular complexity index is 1010.